The number of sulfonamides is 1. The minimum absolute atomic E-state index is 0.0509. The molecule has 0 aromatic carbocycles. The number of hydrogen-bond donors (Lipinski definition) is 3. The van der Waals surface area contributed by atoms with Gasteiger partial charge in [-0.25, -0.2) is 17.9 Å². The molecule has 1 saturated heterocycles. The molecule has 134 valence electrons. The van der Waals surface area contributed by atoms with Crippen molar-refractivity contribution in [1.29, 1.82) is 0 Å². The molecule has 0 radical (unpaired) electrons. The molecule has 1 atom stereocenters. The molecule has 3 N–H and O–H groups in total. The van der Waals surface area contributed by atoms with E-state index in [9.17, 15) is 18.3 Å². The van der Waals surface area contributed by atoms with Gasteiger partial charge in [0.05, 0.1) is 5.56 Å². The van der Waals surface area contributed by atoms with Crippen LogP contribution in [0.1, 0.15) is 40.1 Å². The summed E-state index contributed by atoms with van der Waals surface area (Å²) in [6.45, 7) is 2.93. The number of carboxylic acids is 1. The highest BCUT2D eigenvalue weighted by molar-refractivity contribution is 7.91. The summed E-state index contributed by atoms with van der Waals surface area (Å²) in [5.74, 6) is -0.809. The largest absolute Gasteiger partial charge is 0.478 e. The van der Waals surface area contributed by atoms with Crippen molar-refractivity contribution in [1.82, 2.24) is 10.0 Å². The quantitative estimate of drug-likeness (QED) is 0.691. The molecule has 2 aliphatic heterocycles. The van der Waals surface area contributed by atoms with Crippen molar-refractivity contribution in [3.63, 3.8) is 0 Å². The predicted molar refractivity (Wildman–Crippen MR) is 90.0 cm³/mol. The molecule has 1 aromatic rings. The molecule has 0 aliphatic carbocycles. The van der Waals surface area contributed by atoms with Crippen LogP contribution in [0, 0.1) is 5.92 Å². The molecule has 9 heteroatoms. The van der Waals surface area contributed by atoms with E-state index in [-0.39, 0.29) is 9.77 Å². The molecule has 7 nitrogen and oxygen atoms in total. The van der Waals surface area contributed by atoms with Crippen LogP contribution >= 0.6 is 11.3 Å². The van der Waals surface area contributed by atoms with E-state index >= 15 is 0 Å². The Hall–Kier alpha value is -1.00. The Balaban J connectivity index is 1.74. The predicted octanol–water partition coefficient (Wildman–Crippen LogP) is 1.19. The van der Waals surface area contributed by atoms with Crippen molar-refractivity contribution >= 4 is 27.3 Å². The average molecular weight is 374 g/mol. The third-order valence-electron chi connectivity index (χ3n) is 4.45. The normalized spacial score (nSPS) is 21.4. The van der Waals surface area contributed by atoms with Gasteiger partial charge in [0.15, 0.2) is 0 Å². The zero-order chi connectivity index (χ0) is 17.2. The van der Waals surface area contributed by atoms with Crippen molar-refractivity contribution in [2.45, 2.75) is 36.4 Å². The Morgan fingerprint density at radius 2 is 2.29 bits per heavy atom. The van der Waals surface area contributed by atoms with Crippen LogP contribution in [-0.2, 0) is 27.7 Å². The van der Waals surface area contributed by atoms with Gasteiger partial charge in [0.25, 0.3) is 10.0 Å². The number of aromatic carboxylic acids is 1. The second-order valence-electron chi connectivity index (χ2n) is 6.17. The van der Waals surface area contributed by atoms with E-state index in [0.29, 0.717) is 50.6 Å². The SMILES string of the molecule is O=C(O)c1c(S(=O)(=O)NCC[C@H]2CCCOC2)sc2c1CCNC2. The van der Waals surface area contributed by atoms with Gasteiger partial charge in [-0.05, 0) is 43.7 Å². The summed E-state index contributed by atoms with van der Waals surface area (Å²) in [4.78, 5) is 12.4. The van der Waals surface area contributed by atoms with Gasteiger partial charge in [-0.3, -0.25) is 0 Å². The number of thiophene rings is 1. The number of rotatable bonds is 6. The lowest BCUT2D eigenvalue weighted by molar-refractivity contribution is 0.0523. The van der Waals surface area contributed by atoms with Crippen molar-refractivity contribution in [3.8, 4) is 0 Å². The molecule has 1 fully saturated rings. The van der Waals surface area contributed by atoms with Crippen LogP contribution in [0.2, 0.25) is 0 Å². The van der Waals surface area contributed by atoms with Gasteiger partial charge in [0.1, 0.15) is 4.21 Å². The first kappa shape index (κ1) is 17.8. The molecule has 0 unspecified atom stereocenters. The van der Waals surface area contributed by atoms with Gasteiger partial charge in [-0.2, -0.15) is 0 Å². The summed E-state index contributed by atoms with van der Waals surface area (Å²) in [7, 11) is -3.81. The molecule has 24 heavy (non-hydrogen) atoms. The van der Waals surface area contributed by atoms with E-state index in [1.165, 1.54) is 0 Å². The zero-order valence-electron chi connectivity index (χ0n) is 13.3. The first-order valence-corrected chi connectivity index (χ1v) is 10.4. The third kappa shape index (κ3) is 3.80. The maximum absolute atomic E-state index is 12.6. The van der Waals surface area contributed by atoms with Crippen molar-refractivity contribution < 1.29 is 23.1 Å². The molecule has 3 heterocycles. The Morgan fingerprint density at radius 3 is 3.00 bits per heavy atom. The fourth-order valence-electron chi connectivity index (χ4n) is 3.21. The maximum atomic E-state index is 12.6. The van der Waals surface area contributed by atoms with Crippen molar-refractivity contribution in [2.24, 2.45) is 5.92 Å². The Morgan fingerprint density at radius 1 is 1.46 bits per heavy atom. The van der Waals surface area contributed by atoms with E-state index < -0.39 is 16.0 Å². The number of ether oxygens (including phenoxy) is 1. The lowest BCUT2D eigenvalue weighted by Gasteiger charge is -2.21. The number of hydrogen-bond acceptors (Lipinski definition) is 6. The Kier molecular flexibility index (Phi) is 5.56. The molecule has 2 aliphatic rings. The van der Waals surface area contributed by atoms with Crippen LogP contribution in [0.4, 0.5) is 0 Å². The topological polar surface area (TPSA) is 105 Å². The van der Waals surface area contributed by atoms with Gasteiger partial charge in [-0.15, -0.1) is 11.3 Å². The zero-order valence-corrected chi connectivity index (χ0v) is 15.0. The highest BCUT2D eigenvalue weighted by atomic mass is 32.2. The molecular formula is C15H22N2O5S2. The number of fused-ring (bicyclic) bond motifs is 1. The number of carbonyl (C=O) groups is 1. The smallest absolute Gasteiger partial charge is 0.338 e. The average Bonchev–Trinajstić information content (AvgIpc) is 2.96. The van der Waals surface area contributed by atoms with Crippen LogP contribution < -0.4 is 10.0 Å². The van der Waals surface area contributed by atoms with Gasteiger partial charge in [-0.1, -0.05) is 0 Å². The van der Waals surface area contributed by atoms with Gasteiger partial charge < -0.3 is 15.2 Å². The summed E-state index contributed by atoms with van der Waals surface area (Å²) in [5, 5.41) is 12.6. The molecule has 3 rings (SSSR count). The lowest BCUT2D eigenvalue weighted by Crippen LogP contribution is -2.29. The maximum Gasteiger partial charge on any atom is 0.338 e. The molecule has 0 bridgehead atoms. The summed E-state index contributed by atoms with van der Waals surface area (Å²) < 4.78 is 33.1. The lowest BCUT2D eigenvalue weighted by atomic mass is 9.99. The molecular weight excluding hydrogens is 352 g/mol. The van der Waals surface area contributed by atoms with Crippen molar-refractivity contribution in [2.75, 3.05) is 26.3 Å². The minimum atomic E-state index is -3.81. The number of carboxylic acid groups (broad SMARTS) is 1. The van der Waals surface area contributed by atoms with Crippen LogP contribution in [0.25, 0.3) is 0 Å². The summed E-state index contributed by atoms with van der Waals surface area (Å²) in [6.07, 6.45) is 3.29. The third-order valence-corrected chi connectivity index (χ3v) is 7.66. The van der Waals surface area contributed by atoms with Crippen LogP contribution in [0.3, 0.4) is 0 Å². The van der Waals surface area contributed by atoms with Gasteiger partial charge >= 0.3 is 5.97 Å². The first-order chi connectivity index (χ1) is 11.5. The standard InChI is InChI=1S/C15H22N2O5S2/c18-14(19)13-11-4-5-16-8-12(11)23-15(13)24(20,21)17-6-3-10-2-1-7-22-9-10/h10,16-17H,1-9H2,(H,18,19)/t10-/m1/s1. The Labute approximate surface area is 145 Å². The van der Waals surface area contributed by atoms with E-state index in [1.807, 2.05) is 0 Å². The molecule has 0 spiro atoms. The minimum Gasteiger partial charge on any atom is -0.478 e. The monoisotopic (exact) mass is 374 g/mol. The highest BCUT2D eigenvalue weighted by Gasteiger charge is 2.31. The Bertz CT molecular complexity index is 708. The fourth-order valence-corrected chi connectivity index (χ4v) is 6.17. The van der Waals surface area contributed by atoms with Crippen molar-refractivity contribution in [3.05, 3.63) is 16.0 Å². The fraction of sp³-hybridized carbons (Fsp3) is 0.667. The highest BCUT2D eigenvalue weighted by Crippen LogP contribution is 2.34. The summed E-state index contributed by atoms with van der Waals surface area (Å²) in [6, 6.07) is 0. The second kappa shape index (κ2) is 7.49. The summed E-state index contributed by atoms with van der Waals surface area (Å²) >= 11 is 1.06. The van der Waals surface area contributed by atoms with E-state index in [1.54, 1.807) is 0 Å². The van der Waals surface area contributed by atoms with Gasteiger partial charge in [0, 0.05) is 31.2 Å². The van der Waals surface area contributed by atoms with E-state index in [2.05, 4.69) is 10.0 Å². The van der Waals surface area contributed by atoms with E-state index in [0.717, 1.165) is 35.7 Å². The first-order valence-electron chi connectivity index (χ1n) is 8.15. The molecule has 1 aromatic heterocycles. The van der Waals surface area contributed by atoms with Crippen LogP contribution in [0.5, 0.6) is 0 Å². The van der Waals surface area contributed by atoms with Crippen LogP contribution in [0.15, 0.2) is 4.21 Å². The summed E-state index contributed by atoms with van der Waals surface area (Å²) in [5.41, 5.74) is 0.609. The van der Waals surface area contributed by atoms with E-state index in [4.69, 9.17) is 4.74 Å². The molecule has 0 saturated carbocycles. The second-order valence-corrected chi connectivity index (χ2v) is 9.24. The van der Waals surface area contributed by atoms with Crippen LogP contribution in [-0.4, -0.2) is 45.8 Å². The number of nitrogens with one attached hydrogen (secondary N) is 2. The van der Waals surface area contributed by atoms with Gasteiger partial charge in [0.2, 0.25) is 0 Å². The molecule has 0 amide bonds.